The SMILES string of the molecule is C[C@@H]1CN(S(=O)(=O)c2ccc3c(c2)C(=NO)c2cc(S(=O)(=O)N4C[C@@H](C)O[C@@H](C)C4)ccc2-3)C[C@H](C)O1. The molecule has 0 saturated carbocycles. The molecule has 200 valence electrons. The molecule has 2 saturated heterocycles. The number of ether oxygens (including phenoxy) is 2. The van der Waals surface area contributed by atoms with Gasteiger partial charge in [-0.25, -0.2) is 16.8 Å². The van der Waals surface area contributed by atoms with E-state index in [0.29, 0.717) is 22.3 Å². The van der Waals surface area contributed by atoms with Crippen LogP contribution in [0.5, 0.6) is 0 Å². The number of sulfonamides is 2. The third kappa shape index (κ3) is 4.59. The number of oxime groups is 1. The lowest BCUT2D eigenvalue weighted by atomic mass is 10.1. The molecule has 37 heavy (non-hydrogen) atoms. The number of hydrogen-bond acceptors (Lipinski definition) is 8. The van der Waals surface area contributed by atoms with Gasteiger partial charge in [0.15, 0.2) is 0 Å². The first kappa shape index (κ1) is 26.3. The predicted octanol–water partition coefficient (Wildman–Crippen LogP) is 2.49. The highest BCUT2D eigenvalue weighted by Crippen LogP contribution is 2.40. The van der Waals surface area contributed by atoms with Crippen LogP contribution in [0.15, 0.2) is 51.3 Å². The first-order valence-electron chi connectivity index (χ1n) is 12.2. The van der Waals surface area contributed by atoms with Crippen molar-refractivity contribution in [3.8, 4) is 11.1 Å². The van der Waals surface area contributed by atoms with Crippen LogP contribution in [0.25, 0.3) is 11.1 Å². The molecule has 0 bridgehead atoms. The van der Waals surface area contributed by atoms with Crippen LogP contribution in [-0.4, -0.2) is 87.0 Å². The maximum absolute atomic E-state index is 13.4. The Bertz CT molecular complexity index is 1350. The third-order valence-electron chi connectivity index (χ3n) is 6.93. The van der Waals surface area contributed by atoms with Crippen molar-refractivity contribution in [3.05, 3.63) is 47.5 Å². The molecular weight excluding hydrogens is 518 g/mol. The van der Waals surface area contributed by atoms with E-state index in [-0.39, 0.29) is 66.1 Å². The zero-order chi connectivity index (χ0) is 26.7. The summed E-state index contributed by atoms with van der Waals surface area (Å²) in [5.41, 5.74) is 2.32. The summed E-state index contributed by atoms with van der Waals surface area (Å²) in [4.78, 5) is 0.149. The lowest BCUT2D eigenvalue weighted by Gasteiger charge is -2.34. The minimum atomic E-state index is -3.82. The van der Waals surface area contributed by atoms with Crippen LogP contribution in [0.2, 0.25) is 0 Å². The second-order valence-electron chi connectivity index (χ2n) is 10.0. The van der Waals surface area contributed by atoms with Crippen molar-refractivity contribution in [2.24, 2.45) is 5.16 Å². The van der Waals surface area contributed by atoms with Gasteiger partial charge in [-0.2, -0.15) is 8.61 Å². The van der Waals surface area contributed by atoms with Crippen molar-refractivity contribution in [1.82, 2.24) is 8.61 Å². The molecule has 3 aliphatic rings. The smallest absolute Gasteiger partial charge is 0.243 e. The maximum Gasteiger partial charge on any atom is 0.243 e. The van der Waals surface area contributed by atoms with E-state index in [1.54, 1.807) is 12.1 Å². The molecule has 1 N–H and O–H groups in total. The fourth-order valence-corrected chi connectivity index (χ4v) is 8.67. The molecular formula is C25H31N3O7S2. The molecule has 0 aromatic heterocycles. The average Bonchev–Trinajstić information content (AvgIpc) is 3.15. The normalized spacial score (nSPS) is 27.1. The number of hydrogen-bond donors (Lipinski definition) is 1. The van der Waals surface area contributed by atoms with E-state index in [1.807, 2.05) is 27.7 Å². The Kier molecular flexibility index (Phi) is 6.70. The highest BCUT2D eigenvalue weighted by molar-refractivity contribution is 7.89. The standard InChI is InChI=1S/C25H31N3O7S2/c1-15-11-27(12-16(2)34-15)36(30,31)19-5-7-21-22-8-6-20(10-24(22)25(26-29)23(21)9-19)37(32,33)28-13-17(3)35-18(4)14-28/h5-10,15-18,29H,11-14H2,1-4H3/t15-,16+,17-,18+. The van der Waals surface area contributed by atoms with Crippen LogP contribution in [0.3, 0.4) is 0 Å². The molecule has 10 nitrogen and oxygen atoms in total. The van der Waals surface area contributed by atoms with Gasteiger partial charge in [-0.15, -0.1) is 0 Å². The average molecular weight is 550 g/mol. The quantitative estimate of drug-likeness (QED) is 0.391. The van der Waals surface area contributed by atoms with Crippen molar-refractivity contribution >= 4 is 25.8 Å². The molecule has 2 heterocycles. The van der Waals surface area contributed by atoms with Gasteiger partial charge in [-0.1, -0.05) is 17.3 Å². The zero-order valence-corrected chi connectivity index (χ0v) is 22.8. The lowest BCUT2D eigenvalue weighted by molar-refractivity contribution is -0.0442. The van der Waals surface area contributed by atoms with Gasteiger partial charge in [0.25, 0.3) is 0 Å². The van der Waals surface area contributed by atoms with Crippen LogP contribution in [-0.2, 0) is 29.5 Å². The monoisotopic (exact) mass is 549 g/mol. The van der Waals surface area contributed by atoms with E-state index in [1.165, 1.54) is 32.9 Å². The molecule has 5 rings (SSSR count). The Morgan fingerprint density at radius 1 is 0.676 bits per heavy atom. The van der Waals surface area contributed by atoms with E-state index >= 15 is 0 Å². The van der Waals surface area contributed by atoms with Gasteiger partial charge in [-0.05, 0) is 63.1 Å². The molecule has 0 radical (unpaired) electrons. The van der Waals surface area contributed by atoms with E-state index in [2.05, 4.69) is 5.16 Å². The van der Waals surface area contributed by atoms with Crippen LogP contribution in [0, 0.1) is 0 Å². The first-order valence-corrected chi connectivity index (χ1v) is 15.1. The summed E-state index contributed by atoms with van der Waals surface area (Å²) in [7, 11) is -7.65. The Morgan fingerprint density at radius 2 is 1.03 bits per heavy atom. The maximum atomic E-state index is 13.4. The first-order chi connectivity index (χ1) is 17.4. The van der Waals surface area contributed by atoms with Crippen molar-refractivity contribution in [2.75, 3.05) is 26.2 Å². The van der Waals surface area contributed by atoms with Crippen molar-refractivity contribution < 1.29 is 31.5 Å². The van der Waals surface area contributed by atoms with Gasteiger partial charge in [0.1, 0.15) is 5.71 Å². The number of fused-ring (bicyclic) bond motifs is 3. The van der Waals surface area contributed by atoms with E-state index in [0.717, 1.165) is 0 Å². The van der Waals surface area contributed by atoms with Gasteiger partial charge in [-0.3, -0.25) is 0 Å². The molecule has 0 amide bonds. The summed E-state index contributed by atoms with van der Waals surface area (Å²) in [6.07, 6.45) is -0.927. The molecule has 0 spiro atoms. The summed E-state index contributed by atoms with van der Waals surface area (Å²) in [6, 6.07) is 9.39. The molecule has 2 fully saturated rings. The Labute approximate surface area is 217 Å². The summed E-state index contributed by atoms with van der Waals surface area (Å²) in [6.45, 7) is 8.29. The summed E-state index contributed by atoms with van der Waals surface area (Å²) in [5.74, 6) is 0. The molecule has 0 unspecified atom stereocenters. The molecule has 2 aliphatic heterocycles. The third-order valence-corrected chi connectivity index (χ3v) is 10.6. The topological polar surface area (TPSA) is 126 Å². The number of benzene rings is 2. The number of rotatable bonds is 4. The number of morpholine rings is 2. The van der Waals surface area contributed by atoms with Gasteiger partial charge in [0, 0.05) is 37.3 Å². The van der Waals surface area contributed by atoms with E-state index in [9.17, 15) is 22.0 Å². The lowest BCUT2D eigenvalue weighted by Crippen LogP contribution is -2.48. The minimum absolute atomic E-state index is 0.0747. The molecule has 12 heteroatoms. The highest BCUT2D eigenvalue weighted by atomic mass is 32.2. The Morgan fingerprint density at radius 3 is 1.35 bits per heavy atom. The van der Waals surface area contributed by atoms with Crippen LogP contribution >= 0.6 is 0 Å². The molecule has 2 aromatic carbocycles. The zero-order valence-electron chi connectivity index (χ0n) is 21.2. The second kappa shape index (κ2) is 9.44. The fraction of sp³-hybridized carbons (Fsp3) is 0.480. The molecule has 1 aliphatic carbocycles. The van der Waals surface area contributed by atoms with E-state index < -0.39 is 20.0 Å². The van der Waals surface area contributed by atoms with Gasteiger partial charge in [0.2, 0.25) is 20.0 Å². The Balaban J connectivity index is 1.51. The summed E-state index contributed by atoms with van der Waals surface area (Å²) < 4.78 is 67.9. The van der Waals surface area contributed by atoms with Crippen LogP contribution in [0.4, 0.5) is 0 Å². The molecule has 4 atom stereocenters. The van der Waals surface area contributed by atoms with Crippen molar-refractivity contribution in [2.45, 2.75) is 61.9 Å². The summed E-state index contributed by atoms with van der Waals surface area (Å²) >= 11 is 0. The molecule has 2 aromatic rings. The van der Waals surface area contributed by atoms with E-state index in [4.69, 9.17) is 9.47 Å². The summed E-state index contributed by atoms with van der Waals surface area (Å²) in [5, 5.41) is 13.4. The van der Waals surface area contributed by atoms with Crippen LogP contribution < -0.4 is 0 Å². The van der Waals surface area contributed by atoms with Crippen molar-refractivity contribution in [1.29, 1.82) is 0 Å². The van der Waals surface area contributed by atoms with Crippen molar-refractivity contribution in [3.63, 3.8) is 0 Å². The minimum Gasteiger partial charge on any atom is -0.410 e. The predicted molar refractivity (Wildman–Crippen MR) is 137 cm³/mol. The highest BCUT2D eigenvalue weighted by Gasteiger charge is 2.36. The fourth-order valence-electron chi connectivity index (χ4n) is 5.43. The Hall–Kier alpha value is -2.35. The number of nitrogens with zero attached hydrogens (tertiary/aromatic N) is 3. The van der Waals surface area contributed by atoms with Gasteiger partial charge < -0.3 is 14.7 Å². The second-order valence-corrected chi connectivity index (χ2v) is 13.9. The largest absolute Gasteiger partial charge is 0.410 e. The van der Waals surface area contributed by atoms with Gasteiger partial charge >= 0.3 is 0 Å². The van der Waals surface area contributed by atoms with Crippen LogP contribution in [0.1, 0.15) is 38.8 Å². The van der Waals surface area contributed by atoms with Gasteiger partial charge in [0.05, 0.1) is 34.2 Å².